The Bertz CT molecular complexity index is 2730. The summed E-state index contributed by atoms with van der Waals surface area (Å²) in [4.78, 5) is 5.27. The van der Waals surface area contributed by atoms with Crippen LogP contribution in [0.2, 0.25) is 0 Å². The third kappa shape index (κ3) is 3.95. The van der Waals surface area contributed by atoms with Gasteiger partial charge in [-0.15, -0.1) is 0 Å². The molecule has 0 saturated heterocycles. The summed E-state index contributed by atoms with van der Waals surface area (Å²) < 4.78 is 0. The van der Waals surface area contributed by atoms with E-state index in [0.717, 1.165) is 28.1 Å². The van der Waals surface area contributed by atoms with Gasteiger partial charge in [-0.25, -0.2) is 4.98 Å². The molecule has 0 bridgehead atoms. The summed E-state index contributed by atoms with van der Waals surface area (Å²) in [6.07, 6.45) is 0. The molecule has 9 aromatic rings. The molecule has 1 heteroatoms. The Morgan fingerprint density at radius 1 is 0.314 bits per heavy atom. The lowest BCUT2D eigenvalue weighted by Gasteiger charge is -2.31. The number of fused-ring (bicyclic) bond motifs is 7. The van der Waals surface area contributed by atoms with Crippen LogP contribution in [0.15, 0.2) is 188 Å². The van der Waals surface area contributed by atoms with Gasteiger partial charge in [0.05, 0.1) is 16.8 Å². The van der Waals surface area contributed by atoms with Crippen LogP contribution in [-0.2, 0) is 5.41 Å². The molecule has 1 spiro atoms. The van der Waals surface area contributed by atoms with Crippen molar-refractivity contribution < 1.29 is 0 Å². The molecular formula is C50H31N. The predicted octanol–water partition coefficient (Wildman–Crippen LogP) is 12.7. The first-order valence-electron chi connectivity index (χ1n) is 17.7. The maximum atomic E-state index is 5.27. The lowest BCUT2D eigenvalue weighted by molar-refractivity contribution is 0.797. The molecule has 51 heavy (non-hydrogen) atoms. The highest BCUT2D eigenvalue weighted by molar-refractivity contribution is 6.17. The molecule has 0 radical (unpaired) electrons. The van der Waals surface area contributed by atoms with Crippen molar-refractivity contribution in [3.8, 4) is 55.9 Å². The molecule has 1 nitrogen and oxygen atoms in total. The summed E-state index contributed by atoms with van der Waals surface area (Å²) in [6.45, 7) is 0. The first-order chi connectivity index (χ1) is 25.3. The molecule has 236 valence electrons. The zero-order valence-corrected chi connectivity index (χ0v) is 27.8. The third-order valence-electron chi connectivity index (χ3n) is 11.2. The van der Waals surface area contributed by atoms with E-state index in [9.17, 15) is 0 Å². The van der Waals surface area contributed by atoms with Crippen molar-refractivity contribution in [2.24, 2.45) is 0 Å². The zero-order valence-electron chi connectivity index (χ0n) is 27.8. The lowest BCUT2D eigenvalue weighted by Crippen LogP contribution is -2.26. The van der Waals surface area contributed by atoms with Crippen molar-refractivity contribution in [3.05, 3.63) is 210 Å². The quantitative estimate of drug-likeness (QED) is 0.174. The fourth-order valence-electron chi connectivity index (χ4n) is 9.15. The van der Waals surface area contributed by atoms with Crippen molar-refractivity contribution in [2.75, 3.05) is 0 Å². The van der Waals surface area contributed by atoms with E-state index in [-0.39, 0.29) is 5.41 Å². The number of nitrogens with zero attached hydrogens (tertiary/aromatic N) is 1. The molecule has 1 aromatic heterocycles. The largest absolute Gasteiger partial charge is 0.248 e. The van der Waals surface area contributed by atoms with Gasteiger partial charge >= 0.3 is 0 Å². The number of benzene rings is 8. The molecule has 8 aromatic carbocycles. The van der Waals surface area contributed by atoms with Gasteiger partial charge in [-0.1, -0.05) is 170 Å². The maximum absolute atomic E-state index is 5.27. The Labute approximate surface area is 297 Å². The zero-order chi connectivity index (χ0) is 33.5. The van der Waals surface area contributed by atoms with Gasteiger partial charge in [0, 0.05) is 11.1 Å². The van der Waals surface area contributed by atoms with Crippen LogP contribution in [0.1, 0.15) is 22.3 Å². The Morgan fingerprint density at radius 3 is 1.55 bits per heavy atom. The second-order valence-corrected chi connectivity index (χ2v) is 13.8. The first kappa shape index (κ1) is 28.3. The second kappa shape index (κ2) is 10.7. The van der Waals surface area contributed by atoms with E-state index < -0.39 is 0 Å². The SMILES string of the molecule is c1ccc(-c2cc(-c3ccccc3)nc(-c3cccc(-c4cccc5c4-c4ccccc4C54c5cccc6ccc7cccc4c7c56)c3)c2)cc1. The molecule has 0 saturated carbocycles. The van der Waals surface area contributed by atoms with Crippen LogP contribution in [0.3, 0.4) is 0 Å². The van der Waals surface area contributed by atoms with Crippen molar-refractivity contribution >= 4 is 21.5 Å². The fraction of sp³-hybridized carbons (Fsp3) is 0.0200. The Hall–Kier alpha value is -6.57. The Morgan fingerprint density at radius 2 is 0.824 bits per heavy atom. The average Bonchev–Trinajstić information content (AvgIpc) is 3.69. The minimum Gasteiger partial charge on any atom is -0.248 e. The number of rotatable bonds is 4. The van der Waals surface area contributed by atoms with E-state index in [2.05, 4.69) is 188 Å². The van der Waals surface area contributed by atoms with Crippen molar-refractivity contribution in [2.45, 2.75) is 5.41 Å². The summed E-state index contributed by atoms with van der Waals surface area (Å²) in [5, 5.41) is 5.39. The van der Waals surface area contributed by atoms with E-state index >= 15 is 0 Å². The molecule has 1 heterocycles. The summed E-state index contributed by atoms with van der Waals surface area (Å²) in [5.74, 6) is 0. The third-order valence-corrected chi connectivity index (χ3v) is 11.2. The normalized spacial score (nSPS) is 13.3. The highest BCUT2D eigenvalue weighted by Gasteiger charge is 2.51. The molecule has 0 atom stereocenters. The summed E-state index contributed by atoms with van der Waals surface area (Å²) in [6, 6.07) is 68.9. The summed E-state index contributed by atoms with van der Waals surface area (Å²) in [7, 11) is 0. The molecule has 0 unspecified atom stereocenters. The van der Waals surface area contributed by atoms with Gasteiger partial charge in [-0.2, -0.15) is 0 Å². The van der Waals surface area contributed by atoms with Crippen LogP contribution in [-0.4, -0.2) is 4.98 Å². The molecule has 2 aliphatic carbocycles. The molecule has 2 aliphatic rings. The van der Waals surface area contributed by atoms with Crippen molar-refractivity contribution in [1.82, 2.24) is 4.98 Å². The monoisotopic (exact) mass is 645 g/mol. The average molecular weight is 646 g/mol. The minimum absolute atomic E-state index is 0.377. The fourth-order valence-corrected chi connectivity index (χ4v) is 9.15. The molecule has 0 amide bonds. The first-order valence-corrected chi connectivity index (χ1v) is 17.7. The number of aromatic nitrogens is 1. The molecular weight excluding hydrogens is 615 g/mol. The summed E-state index contributed by atoms with van der Waals surface area (Å²) in [5.41, 5.74) is 16.7. The smallest absolute Gasteiger partial charge is 0.0726 e. The van der Waals surface area contributed by atoms with Crippen LogP contribution in [0.5, 0.6) is 0 Å². The van der Waals surface area contributed by atoms with Crippen LogP contribution in [0.25, 0.3) is 77.4 Å². The van der Waals surface area contributed by atoms with E-state index in [1.165, 1.54) is 71.6 Å². The highest BCUT2D eigenvalue weighted by Crippen LogP contribution is 2.63. The van der Waals surface area contributed by atoms with E-state index in [4.69, 9.17) is 4.98 Å². The molecule has 0 N–H and O–H groups in total. The maximum Gasteiger partial charge on any atom is 0.0726 e. The van der Waals surface area contributed by atoms with E-state index in [1.54, 1.807) is 0 Å². The Balaban J connectivity index is 1.14. The van der Waals surface area contributed by atoms with Gasteiger partial charge < -0.3 is 0 Å². The van der Waals surface area contributed by atoms with Crippen LogP contribution in [0.4, 0.5) is 0 Å². The molecule has 0 aliphatic heterocycles. The Kier molecular flexibility index (Phi) is 5.94. The van der Waals surface area contributed by atoms with Gasteiger partial charge in [-0.3, -0.25) is 0 Å². The summed E-state index contributed by atoms with van der Waals surface area (Å²) >= 11 is 0. The van der Waals surface area contributed by atoms with Gasteiger partial charge in [0.2, 0.25) is 0 Å². The lowest BCUT2D eigenvalue weighted by atomic mass is 9.70. The van der Waals surface area contributed by atoms with Gasteiger partial charge in [0.1, 0.15) is 0 Å². The van der Waals surface area contributed by atoms with E-state index in [0.29, 0.717) is 0 Å². The number of hydrogen-bond donors (Lipinski definition) is 0. The highest BCUT2D eigenvalue weighted by atomic mass is 14.7. The van der Waals surface area contributed by atoms with Crippen LogP contribution < -0.4 is 0 Å². The van der Waals surface area contributed by atoms with Crippen LogP contribution in [0, 0.1) is 0 Å². The van der Waals surface area contributed by atoms with Crippen molar-refractivity contribution in [1.29, 1.82) is 0 Å². The van der Waals surface area contributed by atoms with Gasteiger partial charge in [0.25, 0.3) is 0 Å². The molecule has 0 fully saturated rings. The van der Waals surface area contributed by atoms with E-state index in [1.807, 2.05) is 0 Å². The number of pyridine rings is 1. The number of hydrogen-bond acceptors (Lipinski definition) is 1. The van der Waals surface area contributed by atoms with Gasteiger partial charge in [0.15, 0.2) is 0 Å². The van der Waals surface area contributed by atoms with Crippen LogP contribution >= 0.6 is 0 Å². The second-order valence-electron chi connectivity index (χ2n) is 13.8. The molecule has 11 rings (SSSR count). The standard InChI is InChI=1S/C50H31N/c1-3-13-32(14-4-1)38-30-45(33-15-5-2-6-16-33)51-46(31-38)37-20-9-19-36(29-37)39-22-12-26-44-49(39)40-21-7-8-23-41(40)50(44)42-24-10-17-34-27-28-35-18-11-25-43(50)48(35)47(34)42/h1-31H. The van der Waals surface area contributed by atoms with Gasteiger partial charge in [-0.05, 0) is 95.4 Å². The predicted molar refractivity (Wildman–Crippen MR) is 212 cm³/mol. The van der Waals surface area contributed by atoms with Crippen molar-refractivity contribution in [3.63, 3.8) is 0 Å². The topological polar surface area (TPSA) is 12.9 Å². The minimum atomic E-state index is -0.377.